The Kier molecular flexibility index (Phi) is 4.35. The summed E-state index contributed by atoms with van der Waals surface area (Å²) in [5, 5.41) is 9.98. The van der Waals surface area contributed by atoms with E-state index in [4.69, 9.17) is 0 Å². The lowest BCUT2D eigenvalue weighted by Gasteiger charge is -2.35. The van der Waals surface area contributed by atoms with Crippen molar-refractivity contribution in [2.45, 2.75) is 57.4 Å². The maximum Gasteiger partial charge on any atom is 0.332 e. The number of carboxylic acids is 1. The summed E-state index contributed by atoms with van der Waals surface area (Å²) in [7, 11) is 0. The molecule has 0 bridgehead atoms. The van der Waals surface area contributed by atoms with Crippen LogP contribution in [0.5, 0.6) is 0 Å². The number of hydrogen-bond donors (Lipinski definition) is 1. The number of imidazole rings is 1. The van der Waals surface area contributed by atoms with Crippen LogP contribution in [0.3, 0.4) is 0 Å². The van der Waals surface area contributed by atoms with Crippen LogP contribution in [-0.2, 0) is 10.2 Å². The fraction of sp³-hybridized carbons (Fsp3) is 0.474. The summed E-state index contributed by atoms with van der Waals surface area (Å²) in [4.78, 5) is 24.9. The standard InChI is InChI=1S/C19H24N2O3/c1-14(2)20-12-13-21(18(20)24)16-9-5-4-8-15(16)19(17(22)23)10-6-3-7-11-19/h4-5,8-9,12-14H,3,6-7,10-11H2,1-2H3,(H,22,23). The molecule has 0 amide bonds. The normalized spacial score (nSPS) is 17.1. The molecule has 1 heterocycles. The topological polar surface area (TPSA) is 64.2 Å². The molecule has 1 saturated carbocycles. The van der Waals surface area contributed by atoms with Crippen molar-refractivity contribution in [1.82, 2.24) is 9.13 Å². The van der Waals surface area contributed by atoms with Crippen LogP contribution in [0.15, 0.2) is 41.5 Å². The number of para-hydroxylation sites is 1. The highest BCUT2D eigenvalue weighted by Crippen LogP contribution is 2.42. The predicted octanol–water partition coefficient (Wildman–Crippen LogP) is 3.51. The molecule has 0 aliphatic heterocycles. The minimum atomic E-state index is -0.895. The average Bonchev–Trinajstić information content (AvgIpc) is 2.97. The molecular formula is C19H24N2O3. The van der Waals surface area contributed by atoms with Gasteiger partial charge in [0.25, 0.3) is 0 Å². The van der Waals surface area contributed by atoms with Gasteiger partial charge in [0.2, 0.25) is 0 Å². The number of aromatic nitrogens is 2. The smallest absolute Gasteiger partial charge is 0.332 e. The molecular weight excluding hydrogens is 304 g/mol. The van der Waals surface area contributed by atoms with Crippen LogP contribution in [0.4, 0.5) is 0 Å². The largest absolute Gasteiger partial charge is 0.481 e. The van der Waals surface area contributed by atoms with Crippen molar-refractivity contribution < 1.29 is 9.90 Å². The van der Waals surface area contributed by atoms with Gasteiger partial charge in [-0.1, -0.05) is 37.5 Å². The van der Waals surface area contributed by atoms with Gasteiger partial charge in [0, 0.05) is 18.4 Å². The van der Waals surface area contributed by atoms with E-state index in [1.54, 1.807) is 21.5 Å². The van der Waals surface area contributed by atoms with E-state index in [0.717, 1.165) is 24.8 Å². The summed E-state index contributed by atoms with van der Waals surface area (Å²) in [6.45, 7) is 3.91. The number of carbonyl (C=O) groups is 1. The zero-order valence-corrected chi connectivity index (χ0v) is 14.2. The van der Waals surface area contributed by atoms with E-state index in [1.807, 2.05) is 38.1 Å². The summed E-state index contributed by atoms with van der Waals surface area (Å²) in [5.74, 6) is -0.786. The number of nitrogens with zero attached hydrogens (tertiary/aromatic N) is 2. The molecule has 0 radical (unpaired) electrons. The number of hydrogen-bond acceptors (Lipinski definition) is 2. The van der Waals surface area contributed by atoms with Crippen molar-refractivity contribution in [2.24, 2.45) is 0 Å². The van der Waals surface area contributed by atoms with Gasteiger partial charge in [0.1, 0.15) is 0 Å². The lowest BCUT2D eigenvalue weighted by atomic mass is 9.69. The van der Waals surface area contributed by atoms with Gasteiger partial charge in [0.15, 0.2) is 0 Å². The Morgan fingerprint density at radius 2 is 1.79 bits per heavy atom. The zero-order chi connectivity index (χ0) is 17.3. The van der Waals surface area contributed by atoms with Gasteiger partial charge in [-0.25, -0.2) is 4.79 Å². The van der Waals surface area contributed by atoms with Crippen molar-refractivity contribution in [3.8, 4) is 5.69 Å². The van der Waals surface area contributed by atoms with Crippen molar-refractivity contribution in [2.75, 3.05) is 0 Å². The molecule has 128 valence electrons. The van der Waals surface area contributed by atoms with Gasteiger partial charge < -0.3 is 5.11 Å². The predicted molar refractivity (Wildman–Crippen MR) is 92.8 cm³/mol. The molecule has 1 aliphatic rings. The number of aliphatic carboxylic acids is 1. The van der Waals surface area contributed by atoms with Crippen LogP contribution in [-0.4, -0.2) is 20.2 Å². The van der Waals surface area contributed by atoms with Gasteiger partial charge in [-0.3, -0.25) is 13.9 Å². The molecule has 0 saturated heterocycles. The number of rotatable bonds is 4. The third-order valence-corrected chi connectivity index (χ3v) is 5.16. The fourth-order valence-corrected chi connectivity index (χ4v) is 3.81. The van der Waals surface area contributed by atoms with E-state index in [2.05, 4.69) is 0 Å². The summed E-state index contributed by atoms with van der Waals surface area (Å²) in [6.07, 6.45) is 7.63. The Hall–Kier alpha value is -2.30. The van der Waals surface area contributed by atoms with Gasteiger partial charge in [-0.2, -0.15) is 0 Å². The van der Waals surface area contributed by atoms with Gasteiger partial charge in [0.05, 0.1) is 11.1 Å². The van der Waals surface area contributed by atoms with Gasteiger partial charge in [-0.15, -0.1) is 0 Å². The minimum Gasteiger partial charge on any atom is -0.481 e. The summed E-state index contributed by atoms with van der Waals surface area (Å²) >= 11 is 0. The third kappa shape index (κ3) is 2.58. The van der Waals surface area contributed by atoms with Crippen LogP contribution in [0, 0.1) is 0 Å². The number of carboxylic acid groups (broad SMARTS) is 1. The summed E-state index contributed by atoms with van der Waals surface area (Å²) in [6, 6.07) is 7.50. The molecule has 24 heavy (non-hydrogen) atoms. The van der Waals surface area contributed by atoms with Crippen molar-refractivity contribution in [1.29, 1.82) is 0 Å². The molecule has 0 spiro atoms. The quantitative estimate of drug-likeness (QED) is 0.934. The molecule has 1 fully saturated rings. The van der Waals surface area contributed by atoms with E-state index >= 15 is 0 Å². The summed E-state index contributed by atoms with van der Waals surface area (Å²) < 4.78 is 3.24. The molecule has 5 nitrogen and oxygen atoms in total. The second-order valence-electron chi connectivity index (χ2n) is 6.92. The van der Waals surface area contributed by atoms with Crippen LogP contribution < -0.4 is 5.69 Å². The van der Waals surface area contributed by atoms with E-state index in [0.29, 0.717) is 18.5 Å². The van der Waals surface area contributed by atoms with E-state index in [1.165, 1.54) is 0 Å². The highest BCUT2D eigenvalue weighted by Gasteiger charge is 2.43. The first-order valence-corrected chi connectivity index (χ1v) is 8.60. The highest BCUT2D eigenvalue weighted by molar-refractivity contribution is 5.83. The average molecular weight is 328 g/mol. The van der Waals surface area contributed by atoms with E-state index in [-0.39, 0.29) is 11.7 Å². The van der Waals surface area contributed by atoms with Gasteiger partial charge >= 0.3 is 11.7 Å². The highest BCUT2D eigenvalue weighted by atomic mass is 16.4. The van der Waals surface area contributed by atoms with Crippen molar-refractivity contribution in [3.63, 3.8) is 0 Å². The molecule has 3 rings (SSSR count). The maximum atomic E-state index is 12.7. The second-order valence-corrected chi connectivity index (χ2v) is 6.92. The number of benzene rings is 1. The molecule has 1 N–H and O–H groups in total. The van der Waals surface area contributed by atoms with Crippen LogP contribution in [0.1, 0.15) is 57.6 Å². The molecule has 1 aliphatic carbocycles. The molecule has 5 heteroatoms. The fourth-order valence-electron chi connectivity index (χ4n) is 3.81. The lowest BCUT2D eigenvalue weighted by Crippen LogP contribution is -2.39. The Morgan fingerprint density at radius 1 is 1.12 bits per heavy atom. The van der Waals surface area contributed by atoms with Crippen LogP contribution in [0.2, 0.25) is 0 Å². The minimum absolute atomic E-state index is 0.0639. The van der Waals surface area contributed by atoms with Crippen molar-refractivity contribution >= 4 is 5.97 Å². The Bertz CT molecular complexity index is 795. The SMILES string of the molecule is CC(C)n1ccn(-c2ccccc2C2(C(=O)O)CCCCC2)c1=O. The molecule has 0 unspecified atom stereocenters. The second kappa shape index (κ2) is 6.30. The molecule has 2 aromatic rings. The Balaban J connectivity index is 2.18. The molecule has 0 atom stereocenters. The van der Waals surface area contributed by atoms with Crippen LogP contribution in [0.25, 0.3) is 5.69 Å². The lowest BCUT2D eigenvalue weighted by molar-refractivity contribution is -0.145. The summed E-state index contributed by atoms with van der Waals surface area (Å²) in [5.41, 5.74) is 0.412. The monoisotopic (exact) mass is 328 g/mol. The van der Waals surface area contributed by atoms with Crippen LogP contribution >= 0.6 is 0 Å². The maximum absolute atomic E-state index is 12.7. The Labute approximate surface area is 141 Å². The van der Waals surface area contributed by atoms with E-state index in [9.17, 15) is 14.7 Å². The molecule has 1 aromatic carbocycles. The molecule has 1 aromatic heterocycles. The van der Waals surface area contributed by atoms with E-state index < -0.39 is 11.4 Å². The zero-order valence-electron chi connectivity index (χ0n) is 14.2. The van der Waals surface area contributed by atoms with Crippen molar-refractivity contribution in [3.05, 3.63) is 52.7 Å². The first-order chi connectivity index (χ1) is 11.5. The first kappa shape index (κ1) is 16.6. The first-order valence-electron chi connectivity index (χ1n) is 8.60. The van der Waals surface area contributed by atoms with Gasteiger partial charge in [-0.05, 0) is 38.3 Å². The Morgan fingerprint density at radius 3 is 2.38 bits per heavy atom. The third-order valence-electron chi connectivity index (χ3n) is 5.16.